The van der Waals surface area contributed by atoms with Crippen molar-refractivity contribution in [3.63, 3.8) is 0 Å². The predicted molar refractivity (Wildman–Crippen MR) is 130 cm³/mol. The van der Waals surface area contributed by atoms with Gasteiger partial charge in [-0.2, -0.15) is 13.2 Å². The highest BCUT2D eigenvalue weighted by Crippen LogP contribution is 2.33. The monoisotopic (exact) mass is 535 g/mol. The Morgan fingerprint density at radius 2 is 1.76 bits per heavy atom. The number of carbonyl (C=O) groups is 2. The molecule has 2 N–H and O–H groups in total. The Morgan fingerprint density at radius 1 is 1.08 bits per heavy atom. The number of halogens is 4. The normalized spacial score (nSPS) is 16.0. The molecule has 0 spiro atoms. The molecule has 1 saturated carbocycles. The Kier molecular flexibility index (Phi) is 7.93. The van der Waals surface area contributed by atoms with Crippen LogP contribution in [0.25, 0.3) is 11.0 Å². The van der Waals surface area contributed by atoms with Gasteiger partial charge in [0.2, 0.25) is 0 Å². The number of piperidine rings is 1. The van der Waals surface area contributed by atoms with Crippen molar-refractivity contribution in [1.29, 1.82) is 0 Å². The molecule has 0 bridgehead atoms. The minimum absolute atomic E-state index is 0.131. The summed E-state index contributed by atoms with van der Waals surface area (Å²) in [5, 5.41) is 10.6. The number of benzene rings is 1. The summed E-state index contributed by atoms with van der Waals surface area (Å²) in [7, 11) is 1.48. The lowest BCUT2D eigenvalue weighted by molar-refractivity contribution is -0.192. The van der Waals surface area contributed by atoms with E-state index in [0.717, 1.165) is 35.5 Å². The van der Waals surface area contributed by atoms with Gasteiger partial charge in [0.05, 0.1) is 24.4 Å². The molecule has 1 aliphatic carbocycles. The van der Waals surface area contributed by atoms with E-state index in [1.165, 1.54) is 19.2 Å². The smallest absolute Gasteiger partial charge is 0.490 e. The van der Waals surface area contributed by atoms with E-state index in [1.807, 2.05) is 6.07 Å². The standard InChI is InChI=1S/C23H24FN5O2.C2HF3O2/c1-31-16-4-5-17(18(24)12-16)21(30)14-7-10-29(11-8-14)23-22(26-15-2-3-15)27-19-6-9-25-13-20(19)28-23;3-2(4,5)1(6)7/h4-6,9,12-15H,2-3,7-8,10-11H2,1H3,(H,26,27);(H,6,7). The summed E-state index contributed by atoms with van der Waals surface area (Å²) in [5.74, 6) is -1.66. The van der Waals surface area contributed by atoms with Gasteiger partial charge in [-0.25, -0.2) is 19.2 Å². The number of hydrogen-bond donors (Lipinski definition) is 2. The van der Waals surface area contributed by atoms with E-state index >= 15 is 0 Å². The van der Waals surface area contributed by atoms with Crippen molar-refractivity contribution in [2.24, 2.45) is 5.92 Å². The van der Waals surface area contributed by atoms with Crippen molar-refractivity contribution in [3.8, 4) is 5.75 Å². The number of Topliss-reactive ketones (excluding diaryl/α,β-unsaturated/α-hetero) is 1. The minimum atomic E-state index is -5.08. The van der Waals surface area contributed by atoms with Crippen LogP contribution >= 0.6 is 0 Å². The Morgan fingerprint density at radius 3 is 2.34 bits per heavy atom. The van der Waals surface area contributed by atoms with Gasteiger partial charge in [-0.3, -0.25) is 9.78 Å². The van der Waals surface area contributed by atoms with Crippen LogP contribution in [0.15, 0.2) is 36.7 Å². The van der Waals surface area contributed by atoms with Gasteiger partial charge in [0.1, 0.15) is 17.1 Å². The van der Waals surface area contributed by atoms with Crippen molar-refractivity contribution >= 4 is 34.4 Å². The van der Waals surface area contributed by atoms with E-state index in [-0.39, 0.29) is 17.3 Å². The molecule has 1 saturated heterocycles. The first-order chi connectivity index (χ1) is 18.1. The number of nitrogens with zero attached hydrogens (tertiary/aromatic N) is 4. The number of hydrogen-bond acceptors (Lipinski definition) is 8. The van der Waals surface area contributed by atoms with Crippen LogP contribution in [0, 0.1) is 11.7 Å². The predicted octanol–water partition coefficient (Wildman–Crippen LogP) is 4.48. The highest BCUT2D eigenvalue weighted by molar-refractivity contribution is 5.98. The Labute approximate surface area is 214 Å². The van der Waals surface area contributed by atoms with E-state index < -0.39 is 18.0 Å². The van der Waals surface area contributed by atoms with Gasteiger partial charge >= 0.3 is 12.1 Å². The molecule has 38 heavy (non-hydrogen) atoms. The number of pyridine rings is 1. The topological polar surface area (TPSA) is 118 Å². The number of anilines is 2. The maximum absolute atomic E-state index is 14.4. The Balaban J connectivity index is 0.000000426. The molecular formula is C25H25F4N5O4. The quantitative estimate of drug-likeness (QED) is 0.348. The molecule has 0 radical (unpaired) electrons. The molecule has 5 rings (SSSR count). The average Bonchev–Trinajstić information content (AvgIpc) is 3.72. The highest BCUT2D eigenvalue weighted by Gasteiger charge is 2.38. The molecule has 2 fully saturated rings. The van der Waals surface area contributed by atoms with Crippen molar-refractivity contribution in [1.82, 2.24) is 15.0 Å². The molecule has 0 unspecified atom stereocenters. The number of aromatic nitrogens is 3. The number of rotatable bonds is 6. The maximum atomic E-state index is 14.4. The summed E-state index contributed by atoms with van der Waals surface area (Å²) in [5.41, 5.74) is 1.69. The summed E-state index contributed by atoms with van der Waals surface area (Å²) in [6.07, 6.45) is 1.90. The van der Waals surface area contributed by atoms with E-state index in [1.54, 1.807) is 18.5 Å². The number of nitrogens with one attached hydrogen (secondary N) is 1. The van der Waals surface area contributed by atoms with Gasteiger partial charge in [0.25, 0.3) is 0 Å². The fraction of sp³-hybridized carbons (Fsp3) is 0.400. The second-order valence-electron chi connectivity index (χ2n) is 8.95. The molecule has 2 aliphatic rings. The lowest BCUT2D eigenvalue weighted by Gasteiger charge is -2.33. The lowest BCUT2D eigenvalue weighted by atomic mass is 9.88. The van der Waals surface area contributed by atoms with Crippen LogP contribution in [0.2, 0.25) is 0 Å². The zero-order chi connectivity index (χ0) is 27.4. The van der Waals surface area contributed by atoms with Crippen LogP contribution < -0.4 is 15.0 Å². The first-order valence-corrected chi connectivity index (χ1v) is 11.9. The zero-order valence-electron chi connectivity index (χ0n) is 20.3. The SMILES string of the molecule is COc1ccc(C(=O)C2CCN(c3nc4cnccc4nc3NC3CC3)CC2)c(F)c1.O=C(O)C(F)(F)F. The number of fused-ring (bicyclic) bond motifs is 1. The van der Waals surface area contributed by atoms with Gasteiger partial charge < -0.3 is 20.1 Å². The molecule has 3 aromatic rings. The van der Waals surface area contributed by atoms with E-state index in [2.05, 4.69) is 15.2 Å². The van der Waals surface area contributed by atoms with Crippen LogP contribution in [0.3, 0.4) is 0 Å². The van der Waals surface area contributed by atoms with Gasteiger partial charge in [-0.15, -0.1) is 0 Å². The van der Waals surface area contributed by atoms with Crippen molar-refractivity contribution in [2.45, 2.75) is 37.9 Å². The maximum Gasteiger partial charge on any atom is 0.490 e. The first kappa shape index (κ1) is 27.0. The molecule has 202 valence electrons. The zero-order valence-corrected chi connectivity index (χ0v) is 20.3. The largest absolute Gasteiger partial charge is 0.497 e. The molecule has 2 aromatic heterocycles. The fourth-order valence-corrected chi connectivity index (χ4v) is 4.03. The van der Waals surface area contributed by atoms with E-state index in [9.17, 15) is 22.4 Å². The Hall–Kier alpha value is -4.03. The van der Waals surface area contributed by atoms with Crippen LogP contribution in [-0.4, -0.2) is 64.2 Å². The number of alkyl halides is 3. The van der Waals surface area contributed by atoms with E-state index in [0.29, 0.717) is 37.7 Å². The van der Waals surface area contributed by atoms with Crippen LogP contribution in [0.1, 0.15) is 36.0 Å². The summed E-state index contributed by atoms with van der Waals surface area (Å²) in [4.78, 5) is 37.7. The summed E-state index contributed by atoms with van der Waals surface area (Å²) in [6, 6.07) is 6.71. The number of carboxylic acids is 1. The average molecular weight is 535 g/mol. The number of carboxylic acid groups (broad SMARTS) is 1. The summed E-state index contributed by atoms with van der Waals surface area (Å²) in [6.45, 7) is 1.32. The number of aliphatic carboxylic acids is 1. The molecule has 0 amide bonds. The van der Waals surface area contributed by atoms with Crippen molar-refractivity contribution in [3.05, 3.63) is 48.0 Å². The Bertz CT molecular complexity index is 1320. The number of ketones is 1. The third-order valence-electron chi connectivity index (χ3n) is 6.22. The summed E-state index contributed by atoms with van der Waals surface area (Å²) >= 11 is 0. The van der Waals surface area contributed by atoms with Crippen molar-refractivity contribution in [2.75, 3.05) is 30.4 Å². The molecular weight excluding hydrogens is 510 g/mol. The van der Waals surface area contributed by atoms with Gasteiger partial charge in [0, 0.05) is 37.3 Å². The molecule has 3 heterocycles. The third kappa shape index (κ3) is 6.45. The van der Waals surface area contributed by atoms with Crippen LogP contribution in [0.4, 0.5) is 29.2 Å². The van der Waals surface area contributed by atoms with Crippen LogP contribution in [-0.2, 0) is 4.79 Å². The number of carbonyl (C=O) groups excluding carboxylic acids is 1. The van der Waals surface area contributed by atoms with Gasteiger partial charge in [-0.05, 0) is 43.9 Å². The fourth-order valence-electron chi connectivity index (χ4n) is 4.03. The van der Waals surface area contributed by atoms with Crippen molar-refractivity contribution < 1.29 is 37.0 Å². The molecule has 13 heteroatoms. The summed E-state index contributed by atoms with van der Waals surface area (Å²) < 4.78 is 51.1. The minimum Gasteiger partial charge on any atom is -0.497 e. The molecule has 0 atom stereocenters. The van der Waals surface area contributed by atoms with E-state index in [4.69, 9.17) is 24.6 Å². The van der Waals surface area contributed by atoms with Gasteiger partial charge in [0.15, 0.2) is 17.4 Å². The second-order valence-corrected chi connectivity index (χ2v) is 8.95. The third-order valence-corrected chi connectivity index (χ3v) is 6.22. The highest BCUT2D eigenvalue weighted by atomic mass is 19.4. The number of methoxy groups -OCH3 is 1. The van der Waals surface area contributed by atoms with Gasteiger partial charge in [-0.1, -0.05) is 0 Å². The second kappa shape index (κ2) is 11.2. The molecule has 1 aromatic carbocycles. The first-order valence-electron chi connectivity index (χ1n) is 11.9. The molecule has 1 aliphatic heterocycles. The number of ether oxygens (including phenoxy) is 1. The molecule has 9 nitrogen and oxygen atoms in total. The van der Waals surface area contributed by atoms with Crippen LogP contribution in [0.5, 0.6) is 5.75 Å². The lowest BCUT2D eigenvalue weighted by Crippen LogP contribution is -2.37.